The minimum atomic E-state index is 0.616. The molecule has 82 valence electrons. The van der Waals surface area contributed by atoms with Crippen LogP contribution < -0.4 is 0 Å². The normalized spacial score (nSPS) is 17.3. The summed E-state index contributed by atoms with van der Waals surface area (Å²) >= 11 is 0. The van der Waals surface area contributed by atoms with Crippen LogP contribution in [0.25, 0.3) is 11.6 Å². The lowest BCUT2D eigenvalue weighted by atomic mass is 9.90. The molecule has 1 aromatic rings. The second-order valence-electron chi connectivity index (χ2n) is 5.12. The molecule has 0 N–H and O–H groups in total. The van der Waals surface area contributed by atoms with E-state index in [1.807, 2.05) is 0 Å². The van der Waals surface area contributed by atoms with Gasteiger partial charge in [0.2, 0.25) is 0 Å². The highest BCUT2D eigenvalue weighted by molar-refractivity contribution is 5.82. The number of allylic oxidation sites excluding steroid dienone is 3. The number of rotatable bonds is 1. The molecule has 0 amide bonds. The monoisotopic (exact) mass is 210 g/mol. The van der Waals surface area contributed by atoms with Gasteiger partial charge >= 0.3 is 0 Å². The first-order valence-corrected chi connectivity index (χ1v) is 6.29. The summed E-state index contributed by atoms with van der Waals surface area (Å²) in [5.74, 6) is 0.616. The molecule has 0 radical (unpaired) electrons. The van der Waals surface area contributed by atoms with Gasteiger partial charge in [0.15, 0.2) is 0 Å². The predicted octanol–water partition coefficient (Wildman–Crippen LogP) is 4.56. The lowest BCUT2D eigenvalue weighted by Gasteiger charge is -2.14. The van der Waals surface area contributed by atoms with E-state index in [0.29, 0.717) is 5.92 Å². The quantitative estimate of drug-likeness (QED) is 0.637. The van der Waals surface area contributed by atoms with Gasteiger partial charge in [0.05, 0.1) is 0 Å². The molecule has 0 aromatic heterocycles. The number of hydrogen-bond acceptors (Lipinski definition) is 0. The van der Waals surface area contributed by atoms with Crippen LogP contribution in [0.3, 0.4) is 0 Å². The number of hydrogen-bond donors (Lipinski definition) is 0. The van der Waals surface area contributed by atoms with Gasteiger partial charge in [-0.25, -0.2) is 0 Å². The van der Waals surface area contributed by atoms with E-state index in [0.717, 1.165) is 6.42 Å². The summed E-state index contributed by atoms with van der Waals surface area (Å²) in [4.78, 5) is 0. The van der Waals surface area contributed by atoms with E-state index in [1.165, 1.54) is 24.0 Å². The zero-order chi connectivity index (χ0) is 11.1. The lowest BCUT2D eigenvalue weighted by molar-refractivity contribution is 0.862. The van der Waals surface area contributed by atoms with Gasteiger partial charge in [-0.05, 0) is 53.0 Å². The molecule has 0 nitrogen and oxygen atoms in total. The van der Waals surface area contributed by atoms with Gasteiger partial charge in [-0.2, -0.15) is 0 Å². The second kappa shape index (κ2) is 3.62. The maximum Gasteiger partial charge on any atom is -0.0120 e. The van der Waals surface area contributed by atoms with Crippen LogP contribution in [-0.2, 0) is 6.42 Å². The Balaban J connectivity index is 2.30. The number of benzene rings is 1. The minimum absolute atomic E-state index is 0.616. The van der Waals surface area contributed by atoms with Crippen LogP contribution >= 0.6 is 0 Å². The summed E-state index contributed by atoms with van der Waals surface area (Å²) in [6, 6.07) is 4.67. The molecule has 0 bridgehead atoms. The molecule has 0 atom stereocenters. The Morgan fingerprint density at radius 3 is 2.81 bits per heavy atom. The highest BCUT2D eigenvalue weighted by Crippen LogP contribution is 2.40. The van der Waals surface area contributed by atoms with Crippen LogP contribution in [0.5, 0.6) is 0 Å². The minimum Gasteiger partial charge on any atom is -0.0801 e. The summed E-state index contributed by atoms with van der Waals surface area (Å²) < 4.78 is 0. The topological polar surface area (TPSA) is 0 Å². The Morgan fingerprint density at radius 2 is 2.00 bits per heavy atom. The van der Waals surface area contributed by atoms with Crippen molar-refractivity contribution in [3.05, 3.63) is 46.5 Å². The summed E-state index contributed by atoms with van der Waals surface area (Å²) in [5, 5.41) is 0. The highest BCUT2D eigenvalue weighted by Gasteiger charge is 2.22. The highest BCUT2D eigenvalue weighted by atomic mass is 14.3. The molecule has 0 fully saturated rings. The zero-order valence-electron chi connectivity index (χ0n) is 10.1. The van der Waals surface area contributed by atoms with Crippen molar-refractivity contribution in [3.8, 4) is 0 Å². The van der Waals surface area contributed by atoms with E-state index in [4.69, 9.17) is 0 Å². The van der Waals surface area contributed by atoms with Crippen LogP contribution in [0.2, 0.25) is 0 Å². The SMILES string of the molecule is CC(C)c1ccc2c3c1C=CCC=C3CC2. The van der Waals surface area contributed by atoms with Gasteiger partial charge < -0.3 is 0 Å². The number of aryl methyl sites for hydroxylation is 1. The molecule has 0 unspecified atom stereocenters. The molecular formula is C16H18. The van der Waals surface area contributed by atoms with E-state index in [1.54, 1.807) is 16.7 Å². The van der Waals surface area contributed by atoms with Crippen molar-refractivity contribution >= 4 is 11.6 Å². The van der Waals surface area contributed by atoms with Crippen molar-refractivity contribution < 1.29 is 0 Å². The molecule has 0 saturated carbocycles. The third kappa shape index (κ3) is 1.36. The van der Waals surface area contributed by atoms with Crippen molar-refractivity contribution in [1.29, 1.82) is 0 Å². The third-order valence-electron chi connectivity index (χ3n) is 3.76. The van der Waals surface area contributed by atoms with Gasteiger partial charge in [0.1, 0.15) is 0 Å². The largest absolute Gasteiger partial charge is 0.0801 e. The van der Waals surface area contributed by atoms with Crippen LogP contribution in [-0.4, -0.2) is 0 Å². The molecule has 0 saturated heterocycles. The molecule has 0 spiro atoms. The summed E-state index contributed by atoms with van der Waals surface area (Å²) in [6.45, 7) is 4.57. The summed E-state index contributed by atoms with van der Waals surface area (Å²) in [5.41, 5.74) is 7.69. The second-order valence-corrected chi connectivity index (χ2v) is 5.12. The van der Waals surface area contributed by atoms with Crippen LogP contribution in [0.15, 0.2) is 24.3 Å². The van der Waals surface area contributed by atoms with Gasteiger partial charge in [-0.3, -0.25) is 0 Å². The average molecular weight is 210 g/mol. The molecule has 2 aliphatic rings. The molecule has 0 aliphatic heterocycles. The van der Waals surface area contributed by atoms with Gasteiger partial charge in [0, 0.05) is 0 Å². The molecule has 3 rings (SSSR count). The first-order chi connectivity index (χ1) is 7.77. The van der Waals surface area contributed by atoms with Crippen molar-refractivity contribution in [2.75, 3.05) is 0 Å². The summed E-state index contributed by atoms with van der Waals surface area (Å²) in [7, 11) is 0. The van der Waals surface area contributed by atoms with Crippen molar-refractivity contribution in [3.63, 3.8) is 0 Å². The first-order valence-electron chi connectivity index (χ1n) is 6.29. The van der Waals surface area contributed by atoms with Crippen LogP contribution in [0, 0.1) is 0 Å². The zero-order valence-corrected chi connectivity index (χ0v) is 10.1. The Labute approximate surface area is 97.7 Å². The Hall–Kier alpha value is -1.30. The van der Waals surface area contributed by atoms with Gasteiger partial charge in [-0.1, -0.05) is 44.2 Å². The van der Waals surface area contributed by atoms with Crippen molar-refractivity contribution in [2.24, 2.45) is 0 Å². The molecule has 1 aromatic carbocycles. The molecule has 2 aliphatic carbocycles. The molecule has 0 heteroatoms. The van der Waals surface area contributed by atoms with E-state index < -0.39 is 0 Å². The third-order valence-corrected chi connectivity index (χ3v) is 3.76. The van der Waals surface area contributed by atoms with Gasteiger partial charge in [-0.15, -0.1) is 0 Å². The van der Waals surface area contributed by atoms with Crippen LogP contribution in [0.1, 0.15) is 54.9 Å². The van der Waals surface area contributed by atoms with Crippen LogP contribution in [0.4, 0.5) is 0 Å². The smallest absolute Gasteiger partial charge is 0.0120 e. The van der Waals surface area contributed by atoms with Crippen molar-refractivity contribution in [2.45, 2.75) is 39.0 Å². The van der Waals surface area contributed by atoms with E-state index in [2.05, 4.69) is 44.2 Å². The Kier molecular flexibility index (Phi) is 2.24. The predicted molar refractivity (Wildman–Crippen MR) is 70.5 cm³/mol. The van der Waals surface area contributed by atoms with E-state index in [9.17, 15) is 0 Å². The van der Waals surface area contributed by atoms with E-state index in [-0.39, 0.29) is 0 Å². The van der Waals surface area contributed by atoms with E-state index >= 15 is 0 Å². The summed E-state index contributed by atoms with van der Waals surface area (Å²) in [6.07, 6.45) is 10.6. The fourth-order valence-corrected chi connectivity index (χ4v) is 2.95. The molecular weight excluding hydrogens is 192 g/mol. The molecule has 0 heterocycles. The first kappa shape index (κ1) is 9.89. The fraction of sp³-hybridized carbons (Fsp3) is 0.375. The lowest BCUT2D eigenvalue weighted by Crippen LogP contribution is -1.96. The maximum absolute atomic E-state index is 2.41. The molecule has 16 heavy (non-hydrogen) atoms. The van der Waals surface area contributed by atoms with Gasteiger partial charge in [0.25, 0.3) is 0 Å². The Morgan fingerprint density at radius 1 is 1.12 bits per heavy atom. The Bertz CT molecular complexity index is 487. The average Bonchev–Trinajstić information content (AvgIpc) is 2.54. The van der Waals surface area contributed by atoms with Crippen molar-refractivity contribution in [1.82, 2.24) is 0 Å². The maximum atomic E-state index is 2.41. The fourth-order valence-electron chi connectivity index (χ4n) is 2.95. The standard InChI is InChI=1S/C16H18/c1-11(2)14-10-9-13-8-7-12-5-3-4-6-15(14)16(12)13/h4-6,9-11H,3,7-8H2,1-2H3.